The van der Waals surface area contributed by atoms with Gasteiger partial charge < -0.3 is 9.47 Å². The first-order valence-corrected chi connectivity index (χ1v) is 8.30. The van der Waals surface area contributed by atoms with Gasteiger partial charge in [-0.05, 0) is 25.1 Å². The quantitative estimate of drug-likeness (QED) is 0.732. The van der Waals surface area contributed by atoms with Gasteiger partial charge in [-0.25, -0.2) is 0 Å². The lowest BCUT2D eigenvalue weighted by Gasteiger charge is -2.36. The fourth-order valence-corrected chi connectivity index (χ4v) is 3.23. The van der Waals surface area contributed by atoms with E-state index in [9.17, 15) is 0 Å². The molecule has 5 heteroatoms. The van der Waals surface area contributed by atoms with E-state index in [0.29, 0.717) is 0 Å². The first-order chi connectivity index (χ1) is 9.12. The minimum Gasteiger partial charge on any atom is -0.496 e. The van der Waals surface area contributed by atoms with Crippen molar-refractivity contribution in [2.45, 2.75) is 25.7 Å². The Labute approximate surface area is 131 Å². The molecule has 0 amide bonds. The second-order valence-electron chi connectivity index (χ2n) is 4.87. The number of morpholine rings is 1. The molecule has 2 rings (SSSR count). The average Bonchev–Trinajstić information content (AvgIpc) is 2.38. The SMILES string of the molecule is COc1ccc(Br)cc1CN1CC(C)OC(CBr)C1. The van der Waals surface area contributed by atoms with Gasteiger partial charge in [0.25, 0.3) is 0 Å². The van der Waals surface area contributed by atoms with Crippen LogP contribution in [-0.2, 0) is 11.3 Å². The third-order valence-electron chi connectivity index (χ3n) is 3.21. The van der Waals surface area contributed by atoms with Crippen molar-refractivity contribution in [1.82, 2.24) is 4.90 Å². The van der Waals surface area contributed by atoms with Gasteiger partial charge in [0.1, 0.15) is 5.75 Å². The molecule has 1 saturated heterocycles. The van der Waals surface area contributed by atoms with Crippen molar-refractivity contribution >= 4 is 31.9 Å². The normalized spacial score (nSPS) is 24.4. The van der Waals surface area contributed by atoms with Crippen LogP contribution in [0.3, 0.4) is 0 Å². The van der Waals surface area contributed by atoms with Crippen molar-refractivity contribution in [3.05, 3.63) is 28.2 Å². The maximum Gasteiger partial charge on any atom is 0.123 e. The van der Waals surface area contributed by atoms with Crippen LogP contribution in [-0.4, -0.2) is 42.6 Å². The van der Waals surface area contributed by atoms with Gasteiger partial charge in [-0.3, -0.25) is 4.90 Å². The van der Waals surface area contributed by atoms with Crippen molar-refractivity contribution < 1.29 is 9.47 Å². The molecule has 1 aliphatic rings. The van der Waals surface area contributed by atoms with E-state index in [1.54, 1.807) is 7.11 Å². The molecule has 2 atom stereocenters. The lowest BCUT2D eigenvalue weighted by Crippen LogP contribution is -2.46. The number of ether oxygens (including phenoxy) is 2. The second-order valence-corrected chi connectivity index (χ2v) is 6.44. The molecular formula is C14H19Br2NO2. The molecule has 1 aromatic rings. The van der Waals surface area contributed by atoms with Gasteiger partial charge in [-0.15, -0.1) is 0 Å². The highest BCUT2D eigenvalue weighted by molar-refractivity contribution is 9.10. The number of alkyl halides is 1. The number of benzene rings is 1. The van der Waals surface area contributed by atoms with E-state index < -0.39 is 0 Å². The van der Waals surface area contributed by atoms with Crippen molar-refractivity contribution in [3.8, 4) is 5.75 Å². The summed E-state index contributed by atoms with van der Waals surface area (Å²) in [5.41, 5.74) is 1.21. The van der Waals surface area contributed by atoms with Gasteiger partial charge in [-0.2, -0.15) is 0 Å². The maximum atomic E-state index is 5.85. The zero-order valence-corrected chi connectivity index (χ0v) is 14.4. The zero-order valence-electron chi connectivity index (χ0n) is 11.2. The average molecular weight is 393 g/mol. The molecule has 19 heavy (non-hydrogen) atoms. The summed E-state index contributed by atoms with van der Waals surface area (Å²) in [5.74, 6) is 0.942. The van der Waals surface area contributed by atoms with Gasteiger partial charge in [0.15, 0.2) is 0 Å². The summed E-state index contributed by atoms with van der Waals surface area (Å²) < 4.78 is 12.4. The Morgan fingerprint density at radius 3 is 2.89 bits per heavy atom. The van der Waals surface area contributed by atoms with Gasteiger partial charge in [-0.1, -0.05) is 31.9 Å². The highest BCUT2D eigenvalue weighted by atomic mass is 79.9. The van der Waals surface area contributed by atoms with Gasteiger partial charge in [0, 0.05) is 35.0 Å². The van der Waals surface area contributed by atoms with Crippen LogP contribution < -0.4 is 4.74 Å². The molecule has 1 aromatic carbocycles. The van der Waals surface area contributed by atoms with Crippen LogP contribution in [0.2, 0.25) is 0 Å². The number of nitrogens with zero attached hydrogens (tertiary/aromatic N) is 1. The smallest absolute Gasteiger partial charge is 0.123 e. The first kappa shape index (κ1) is 15.3. The predicted molar refractivity (Wildman–Crippen MR) is 84.1 cm³/mol. The summed E-state index contributed by atoms with van der Waals surface area (Å²) in [6, 6.07) is 6.14. The molecule has 0 aliphatic carbocycles. The minimum atomic E-state index is 0.266. The molecule has 3 nitrogen and oxygen atoms in total. The highest BCUT2D eigenvalue weighted by Crippen LogP contribution is 2.25. The van der Waals surface area contributed by atoms with Crippen LogP contribution in [0.25, 0.3) is 0 Å². The van der Waals surface area contributed by atoms with Crippen LogP contribution in [0.1, 0.15) is 12.5 Å². The molecule has 1 aliphatic heterocycles. The summed E-state index contributed by atoms with van der Waals surface area (Å²) in [5, 5.41) is 0.878. The first-order valence-electron chi connectivity index (χ1n) is 6.38. The molecule has 1 heterocycles. The molecule has 2 unspecified atom stereocenters. The molecule has 0 bridgehead atoms. The van der Waals surface area contributed by atoms with Crippen LogP contribution >= 0.6 is 31.9 Å². The van der Waals surface area contributed by atoms with Crippen molar-refractivity contribution in [3.63, 3.8) is 0 Å². The number of rotatable bonds is 4. The van der Waals surface area contributed by atoms with E-state index in [1.165, 1.54) is 5.56 Å². The standard InChI is InChI=1S/C14H19Br2NO2/c1-10-7-17(9-13(6-15)19-10)8-11-5-12(16)3-4-14(11)18-2/h3-5,10,13H,6-9H2,1-2H3. The molecular weight excluding hydrogens is 374 g/mol. The molecule has 0 N–H and O–H groups in total. The Morgan fingerprint density at radius 1 is 1.42 bits per heavy atom. The lowest BCUT2D eigenvalue weighted by molar-refractivity contribution is -0.0679. The lowest BCUT2D eigenvalue weighted by atomic mass is 10.1. The van der Waals surface area contributed by atoms with E-state index in [1.807, 2.05) is 12.1 Å². The predicted octanol–water partition coefficient (Wildman–Crippen LogP) is 3.44. The van der Waals surface area contributed by atoms with E-state index >= 15 is 0 Å². The number of methoxy groups -OCH3 is 1. The van der Waals surface area contributed by atoms with E-state index in [0.717, 1.165) is 35.2 Å². The van der Waals surface area contributed by atoms with Gasteiger partial charge in [0.2, 0.25) is 0 Å². The number of halogens is 2. The largest absolute Gasteiger partial charge is 0.496 e. The summed E-state index contributed by atoms with van der Waals surface area (Å²) in [7, 11) is 1.72. The van der Waals surface area contributed by atoms with Crippen LogP contribution in [0.15, 0.2) is 22.7 Å². The molecule has 0 spiro atoms. The van der Waals surface area contributed by atoms with Crippen LogP contribution in [0.4, 0.5) is 0 Å². The summed E-state index contributed by atoms with van der Waals surface area (Å²) in [6.07, 6.45) is 0.538. The van der Waals surface area contributed by atoms with E-state index in [4.69, 9.17) is 9.47 Å². The van der Waals surface area contributed by atoms with Crippen molar-refractivity contribution in [2.75, 3.05) is 25.5 Å². The highest BCUT2D eigenvalue weighted by Gasteiger charge is 2.25. The minimum absolute atomic E-state index is 0.266. The van der Waals surface area contributed by atoms with Gasteiger partial charge in [0.05, 0.1) is 19.3 Å². The Balaban J connectivity index is 2.09. The molecule has 0 radical (unpaired) electrons. The van der Waals surface area contributed by atoms with Crippen LogP contribution in [0, 0.1) is 0 Å². The monoisotopic (exact) mass is 391 g/mol. The third-order valence-corrected chi connectivity index (χ3v) is 4.43. The second kappa shape index (κ2) is 7.07. The van der Waals surface area contributed by atoms with Crippen LogP contribution in [0.5, 0.6) is 5.75 Å². The molecule has 0 saturated carbocycles. The fraction of sp³-hybridized carbons (Fsp3) is 0.571. The Kier molecular flexibility index (Phi) is 5.69. The topological polar surface area (TPSA) is 21.7 Å². The molecule has 106 valence electrons. The fourth-order valence-electron chi connectivity index (χ4n) is 2.47. The zero-order chi connectivity index (χ0) is 13.8. The Morgan fingerprint density at radius 2 is 2.21 bits per heavy atom. The molecule has 0 aromatic heterocycles. The van der Waals surface area contributed by atoms with Crippen molar-refractivity contribution in [1.29, 1.82) is 0 Å². The maximum absolute atomic E-state index is 5.85. The third kappa shape index (κ3) is 4.18. The summed E-state index contributed by atoms with van der Waals surface area (Å²) >= 11 is 7.03. The number of hydrogen-bond donors (Lipinski definition) is 0. The van der Waals surface area contributed by atoms with Crippen molar-refractivity contribution in [2.24, 2.45) is 0 Å². The summed E-state index contributed by atoms with van der Waals surface area (Å²) in [4.78, 5) is 2.42. The Bertz CT molecular complexity index is 428. The Hall–Kier alpha value is -0.100. The summed E-state index contributed by atoms with van der Waals surface area (Å²) in [6.45, 7) is 4.92. The van der Waals surface area contributed by atoms with E-state index in [-0.39, 0.29) is 12.2 Å². The molecule has 1 fully saturated rings. The van der Waals surface area contributed by atoms with E-state index in [2.05, 4.69) is 49.7 Å². The van der Waals surface area contributed by atoms with Gasteiger partial charge >= 0.3 is 0 Å². The number of hydrogen-bond acceptors (Lipinski definition) is 3.